The zero-order chi connectivity index (χ0) is 17.0. The highest BCUT2D eigenvalue weighted by molar-refractivity contribution is 6.02. The average Bonchev–Trinajstić information content (AvgIpc) is 2.89. The monoisotopic (exact) mass is 321 g/mol. The highest BCUT2D eigenvalue weighted by Crippen LogP contribution is 2.29. The van der Waals surface area contributed by atoms with Crippen LogP contribution in [0.4, 0.5) is 0 Å². The van der Waals surface area contributed by atoms with Crippen molar-refractivity contribution >= 4 is 11.9 Å². The Hall–Kier alpha value is -2.88. The van der Waals surface area contributed by atoms with E-state index in [1.165, 1.54) is 0 Å². The van der Waals surface area contributed by atoms with E-state index in [1.807, 2.05) is 60.7 Å². The van der Waals surface area contributed by atoms with Gasteiger partial charge in [0.15, 0.2) is 0 Å². The first-order valence-corrected chi connectivity index (χ1v) is 7.84. The van der Waals surface area contributed by atoms with Crippen LogP contribution in [0.1, 0.15) is 17.5 Å². The molecule has 24 heavy (non-hydrogen) atoms. The summed E-state index contributed by atoms with van der Waals surface area (Å²) in [5.41, 5.74) is 1.19. The molecule has 0 aliphatic carbocycles. The van der Waals surface area contributed by atoms with E-state index in [2.05, 4.69) is 11.9 Å². The minimum atomic E-state index is -1.08. The van der Waals surface area contributed by atoms with Gasteiger partial charge in [0.25, 0.3) is 0 Å². The Morgan fingerprint density at radius 3 is 2.17 bits per heavy atom. The molecule has 3 rings (SSSR count). The minimum absolute atomic E-state index is 0.179. The van der Waals surface area contributed by atoms with Gasteiger partial charge in [0.2, 0.25) is 5.91 Å². The fraction of sp³-hybridized carbons (Fsp3) is 0.200. The molecule has 0 saturated carbocycles. The summed E-state index contributed by atoms with van der Waals surface area (Å²) in [6, 6.07) is 19.1. The molecule has 0 spiro atoms. The quantitative estimate of drug-likeness (QED) is 0.680. The van der Waals surface area contributed by atoms with Crippen molar-refractivity contribution in [2.45, 2.75) is 25.0 Å². The highest BCUT2D eigenvalue weighted by Gasteiger charge is 2.47. The largest absolute Gasteiger partial charge is 0.459 e. The van der Waals surface area contributed by atoms with Gasteiger partial charge in [0.1, 0.15) is 12.1 Å². The number of amides is 1. The van der Waals surface area contributed by atoms with Gasteiger partial charge in [0.05, 0.1) is 0 Å². The van der Waals surface area contributed by atoms with Crippen LogP contribution >= 0.6 is 0 Å². The number of nitrogens with one attached hydrogen (secondary N) is 1. The Bertz CT molecular complexity index is 737. The van der Waals surface area contributed by atoms with E-state index in [0.717, 1.165) is 11.1 Å². The molecular weight excluding hydrogens is 302 g/mol. The van der Waals surface area contributed by atoms with E-state index in [4.69, 9.17) is 4.74 Å². The maximum atomic E-state index is 12.8. The third-order valence-electron chi connectivity index (χ3n) is 4.14. The molecular formula is C20H19NO3. The normalized spacial score (nSPS) is 19.8. The first kappa shape index (κ1) is 16.0. The summed E-state index contributed by atoms with van der Waals surface area (Å²) in [6.45, 7) is 3.93. The highest BCUT2D eigenvalue weighted by atomic mass is 16.5. The Morgan fingerprint density at radius 2 is 1.62 bits per heavy atom. The zero-order valence-corrected chi connectivity index (χ0v) is 13.3. The second kappa shape index (κ2) is 6.71. The number of ether oxygens (including phenoxy) is 1. The molecule has 1 saturated heterocycles. The van der Waals surface area contributed by atoms with Gasteiger partial charge in [0, 0.05) is 18.4 Å². The molecule has 0 bridgehead atoms. The van der Waals surface area contributed by atoms with Crippen LogP contribution in [-0.4, -0.2) is 17.4 Å². The van der Waals surface area contributed by atoms with E-state index in [-0.39, 0.29) is 18.9 Å². The lowest BCUT2D eigenvalue weighted by Crippen LogP contribution is -2.51. The molecule has 2 aromatic carbocycles. The van der Waals surface area contributed by atoms with Crippen LogP contribution in [0.15, 0.2) is 72.8 Å². The fourth-order valence-corrected chi connectivity index (χ4v) is 2.90. The lowest BCUT2D eigenvalue weighted by molar-refractivity contribution is -0.153. The molecule has 4 heteroatoms. The predicted octanol–water partition coefficient (Wildman–Crippen LogP) is 2.79. The summed E-state index contributed by atoms with van der Waals surface area (Å²) in [5, 5.41) is 2.79. The van der Waals surface area contributed by atoms with E-state index < -0.39 is 11.5 Å². The molecule has 1 N–H and O–H groups in total. The maximum Gasteiger partial charge on any atom is 0.332 e. The summed E-state index contributed by atoms with van der Waals surface area (Å²) in [7, 11) is 0. The van der Waals surface area contributed by atoms with Gasteiger partial charge in [-0.15, -0.1) is 0 Å². The van der Waals surface area contributed by atoms with Gasteiger partial charge in [-0.05, 0) is 11.1 Å². The zero-order valence-electron chi connectivity index (χ0n) is 13.3. The first-order valence-electron chi connectivity index (χ1n) is 7.84. The number of carbonyl (C=O) groups is 2. The Balaban J connectivity index is 1.78. The predicted molar refractivity (Wildman–Crippen MR) is 91.0 cm³/mol. The Labute approximate surface area is 141 Å². The molecule has 0 radical (unpaired) electrons. The molecule has 0 unspecified atom stereocenters. The van der Waals surface area contributed by atoms with Crippen LogP contribution in [0.5, 0.6) is 0 Å². The van der Waals surface area contributed by atoms with Gasteiger partial charge in [-0.3, -0.25) is 4.79 Å². The van der Waals surface area contributed by atoms with Crippen LogP contribution in [0, 0.1) is 0 Å². The SMILES string of the molecule is C=C1C[C@](Cc2ccccc2)(C(=O)OCc2ccccc2)NC1=O. The van der Waals surface area contributed by atoms with Gasteiger partial charge in [-0.2, -0.15) is 0 Å². The standard InChI is InChI=1S/C20H19NO3/c1-15-12-20(21-18(15)22,13-16-8-4-2-5-9-16)19(23)24-14-17-10-6-3-7-11-17/h2-11H,1,12-14H2,(H,21,22)/t20-/m0/s1. The smallest absolute Gasteiger partial charge is 0.332 e. The Morgan fingerprint density at radius 1 is 1.04 bits per heavy atom. The summed E-state index contributed by atoms with van der Waals surface area (Å²) < 4.78 is 5.49. The number of benzene rings is 2. The molecule has 1 aliphatic rings. The molecule has 1 heterocycles. The van der Waals surface area contributed by atoms with E-state index in [0.29, 0.717) is 12.0 Å². The van der Waals surface area contributed by atoms with Crippen molar-refractivity contribution in [2.75, 3.05) is 0 Å². The van der Waals surface area contributed by atoms with Crippen molar-refractivity contribution in [1.29, 1.82) is 0 Å². The van der Waals surface area contributed by atoms with Crippen molar-refractivity contribution in [3.63, 3.8) is 0 Å². The van der Waals surface area contributed by atoms with Crippen molar-refractivity contribution in [1.82, 2.24) is 5.32 Å². The summed E-state index contributed by atoms with van der Waals surface area (Å²) in [6.07, 6.45) is 0.639. The van der Waals surface area contributed by atoms with Crippen LogP contribution in [0.25, 0.3) is 0 Å². The van der Waals surface area contributed by atoms with Crippen molar-refractivity contribution < 1.29 is 14.3 Å². The Kier molecular flexibility index (Phi) is 4.47. The number of carbonyl (C=O) groups excluding carboxylic acids is 2. The van der Waals surface area contributed by atoms with Crippen LogP contribution in [-0.2, 0) is 27.4 Å². The van der Waals surface area contributed by atoms with Crippen LogP contribution in [0.3, 0.4) is 0 Å². The van der Waals surface area contributed by atoms with E-state index in [1.54, 1.807) is 0 Å². The third-order valence-corrected chi connectivity index (χ3v) is 4.14. The van der Waals surface area contributed by atoms with Crippen LogP contribution < -0.4 is 5.32 Å². The molecule has 122 valence electrons. The van der Waals surface area contributed by atoms with E-state index in [9.17, 15) is 9.59 Å². The van der Waals surface area contributed by atoms with Gasteiger partial charge >= 0.3 is 5.97 Å². The van der Waals surface area contributed by atoms with Gasteiger partial charge < -0.3 is 10.1 Å². The lowest BCUT2D eigenvalue weighted by Gasteiger charge is -2.26. The molecule has 0 aromatic heterocycles. The molecule has 2 aromatic rings. The van der Waals surface area contributed by atoms with Crippen LogP contribution in [0.2, 0.25) is 0 Å². The molecule has 1 amide bonds. The summed E-state index contributed by atoms with van der Waals surface area (Å²) >= 11 is 0. The van der Waals surface area contributed by atoms with Gasteiger partial charge in [-0.1, -0.05) is 67.2 Å². The average molecular weight is 321 g/mol. The molecule has 1 fully saturated rings. The number of hydrogen-bond acceptors (Lipinski definition) is 3. The molecule has 4 nitrogen and oxygen atoms in total. The van der Waals surface area contributed by atoms with Crippen molar-refractivity contribution in [3.05, 3.63) is 83.9 Å². The van der Waals surface area contributed by atoms with Gasteiger partial charge in [-0.25, -0.2) is 4.79 Å². The second-order valence-corrected chi connectivity index (χ2v) is 6.04. The van der Waals surface area contributed by atoms with Crippen molar-refractivity contribution in [2.24, 2.45) is 0 Å². The lowest BCUT2D eigenvalue weighted by atomic mass is 9.88. The topological polar surface area (TPSA) is 55.4 Å². The molecule has 1 aliphatic heterocycles. The summed E-state index contributed by atoms with van der Waals surface area (Å²) in [5.74, 6) is -0.718. The number of hydrogen-bond donors (Lipinski definition) is 1. The van der Waals surface area contributed by atoms with Crippen molar-refractivity contribution in [3.8, 4) is 0 Å². The fourth-order valence-electron chi connectivity index (χ4n) is 2.90. The number of rotatable bonds is 5. The maximum absolute atomic E-state index is 12.8. The first-order chi connectivity index (χ1) is 11.6. The molecule has 1 atom stereocenters. The third kappa shape index (κ3) is 3.38. The summed E-state index contributed by atoms with van der Waals surface area (Å²) in [4.78, 5) is 24.7. The second-order valence-electron chi connectivity index (χ2n) is 6.04. The minimum Gasteiger partial charge on any atom is -0.459 e. The number of esters is 1. The van der Waals surface area contributed by atoms with E-state index >= 15 is 0 Å².